The van der Waals surface area contributed by atoms with E-state index in [1.54, 1.807) is 12.3 Å². The highest BCUT2D eigenvalue weighted by atomic mass is 16.5. The first-order valence-electron chi connectivity index (χ1n) is 6.66. The molecule has 2 heterocycles. The van der Waals surface area contributed by atoms with Gasteiger partial charge in [-0.3, -0.25) is 4.98 Å². The van der Waals surface area contributed by atoms with E-state index < -0.39 is 0 Å². The van der Waals surface area contributed by atoms with Crippen LogP contribution in [0.25, 0.3) is 0 Å². The molecule has 0 bridgehead atoms. The van der Waals surface area contributed by atoms with Crippen molar-refractivity contribution in [3.05, 3.63) is 42.2 Å². The molecule has 1 atom stereocenters. The first kappa shape index (κ1) is 14.1. The number of nitrogen functional groups attached to an aromatic ring is 1. The summed E-state index contributed by atoms with van der Waals surface area (Å²) < 4.78 is 5.58. The molecule has 0 saturated carbocycles. The molecule has 0 amide bonds. The van der Waals surface area contributed by atoms with Gasteiger partial charge in [0.1, 0.15) is 5.82 Å². The van der Waals surface area contributed by atoms with Gasteiger partial charge in [0.2, 0.25) is 5.88 Å². The molecule has 2 rings (SSSR count). The van der Waals surface area contributed by atoms with E-state index in [9.17, 15) is 0 Å². The number of rotatable bonds is 5. The molecule has 0 saturated heterocycles. The normalized spacial score (nSPS) is 12.2. The number of aromatic nitrogens is 2. The van der Waals surface area contributed by atoms with Crippen molar-refractivity contribution in [1.82, 2.24) is 9.97 Å². The van der Waals surface area contributed by atoms with Gasteiger partial charge in [0.05, 0.1) is 17.8 Å². The summed E-state index contributed by atoms with van der Waals surface area (Å²) in [6, 6.07) is 7.68. The van der Waals surface area contributed by atoms with Gasteiger partial charge < -0.3 is 15.8 Å². The van der Waals surface area contributed by atoms with E-state index in [0.29, 0.717) is 11.6 Å². The summed E-state index contributed by atoms with van der Waals surface area (Å²) in [7, 11) is 0. The lowest BCUT2D eigenvalue weighted by Crippen LogP contribution is -2.12. The van der Waals surface area contributed by atoms with Crippen molar-refractivity contribution in [2.24, 2.45) is 0 Å². The Morgan fingerprint density at radius 2 is 2.00 bits per heavy atom. The molecule has 3 N–H and O–H groups in total. The van der Waals surface area contributed by atoms with Crippen LogP contribution in [0.4, 0.5) is 11.5 Å². The molecule has 0 aliphatic carbocycles. The van der Waals surface area contributed by atoms with Crippen molar-refractivity contribution in [1.29, 1.82) is 0 Å². The van der Waals surface area contributed by atoms with E-state index in [2.05, 4.69) is 22.2 Å². The van der Waals surface area contributed by atoms with Gasteiger partial charge in [-0.25, -0.2) is 0 Å². The number of hydrogen-bond acceptors (Lipinski definition) is 5. The molecule has 0 aliphatic heterocycles. The standard InChI is InChI=1S/C15H20N4O/c1-10(2)20-15-13(16)6-7-14(19-15)18-11(3)12-5-4-8-17-9-12/h4-11H,16H2,1-3H3,(H,18,19). The van der Waals surface area contributed by atoms with Crippen molar-refractivity contribution in [3.8, 4) is 5.88 Å². The monoisotopic (exact) mass is 272 g/mol. The highest BCUT2D eigenvalue weighted by Crippen LogP contribution is 2.24. The zero-order valence-corrected chi connectivity index (χ0v) is 12.0. The zero-order chi connectivity index (χ0) is 14.5. The summed E-state index contributed by atoms with van der Waals surface area (Å²) in [6.07, 6.45) is 3.63. The third-order valence-electron chi connectivity index (χ3n) is 2.79. The Morgan fingerprint density at radius 3 is 2.65 bits per heavy atom. The molecule has 0 spiro atoms. The predicted octanol–water partition coefficient (Wildman–Crippen LogP) is 3.02. The average molecular weight is 272 g/mol. The minimum absolute atomic E-state index is 0.0378. The maximum Gasteiger partial charge on any atom is 0.239 e. The number of anilines is 2. The number of nitrogens with one attached hydrogen (secondary N) is 1. The molecule has 20 heavy (non-hydrogen) atoms. The van der Waals surface area contributed by atoms with Gasteiger partial charge in [0.15, 0.2) is 0 Å². The second-order valence-electron chi connectivity index (χ2n) is 4.91. The Balaban J connectivity index is 2.13. The van der Waals surface area contributed by atoms with E-state index in [-0.39, 0.29) is 12.1 Å². The minimum Gasteiger partial charge on any atom is -0.473 e. The molecule has 0 fully saturated rings. The van der Waals surface area contributed by atoms with Crippen LogP contribution in [0, 0.1) is 0 Å². The van der Waals surface area contributed by atoms with Gasteiger partial charge in [0.25, 0.3) is 0 Å². The third kappa shape index (κ3) is 3.60. The second-order valence-corrected chi connectivity index (χ2v) is 4.91. The SMILES string of the molecule is CC(C)Oc1nc(NC(C)c2cccnc2)ccc1N. The average Bonchev–Trinajstić information content (AvgIpc) is 2.43. The molecule has 5 nitrogen and oxygen atoms in total. The lowest BCUT2D eigenvalue weighted by Gasteiger charge is -2.16. The third-order valence-corrected chi connectivity index (χ3v) is 2.79. The molecular formula is C15H20N4O. The molecule has 5 heteroatoms. The van der Waals surface area contributed by atoms with E-state index in [4.69, 9.17) is 10.5 Å². The topological polar surface area (TPSA) is 73.1 Å². The first-order valence-corrected chi connectivity index (χ1v) is 6.66. The van der Waals surface area contributed by atoms with Gasteiger partial charge in [0, 0.05) is 12.4 Å². The molecule has 0 radical (unpaired) electrons. The Morgan fingerprint density at radius 1 is 1.20 bits per heavy atom. The van der Waals surface area contributed by atoms with Crippen LogP contribution in [0.15, 0.2) is 36.7 Å². The van der Waals surface area contributed by atoms with Crippen LogP contribution in [0.1, 0.15) is 32.4 Å². The first-order chi connectivity index (χ1) is 9.56. The Labute approximate surface area is 119 Å². The van der Waals surface area contributed by atoms with Crippen LogP contribution in [0.5, 0.6) is 5.88 Å². The lowest BCUT2D eigenvalue weighted by molar-refractivity contribution is 0.234. The number of nitrogens with two attached hydrogens (primary N) is 1. The molecule has 0 aromatic carbocycles. The zero-order valence-electron chi connectivity index (χ0n) is 12.0. The fourth-order valence-electron chi connectivity index (χ4n) is 1.79. The fraction of sp³-hybridized carbons (Fsp3) is 0.333. The molecule has 2 aromatic heterocycles. The fourth-order valence-corrected chi connectivity index (χ4v) is 1.79. The van der Waals surface area contributed by atoms with Crippen LogP contribution < -0.4 is 15.8 Å². The highest BCUT2D eigenvalue weighted by molar-refractivity contribution is 5.54. The maximum atomic E-state index is 5.85. The van der Waals surface area contributed by atoms with Crippen LogP contribution in [-0.4, -0.2) is 16.1 Å². The summed E-state index contributed by atoms with van der Waals surface area (Å²) in [5.41, 5.74) is 7.49. The number of nitrogens with zero attached hydrogens (tertiary/aromatic N) is 2. The van der Waals surface area contributed by atoms with Crippen molar-refractivity contribution in [2.45, 2.75) is 32.9 Å². The number of ether oxygens (including phenoxy) is 1. The molecule has 2 aromatic rings. The van der Waals surface area contributed by atoms with Gasteiger partial charge in [-0.2, -0.15) is 4.98 Å². The predicted molar refractivity (Wildman–Crippen MR) is 80.7 cm³/mol. The summed E-state index contributed by atoms with van der Waals surface area (Å²) in [4.78, 5) is 8.51. The van der Waals surface area contributed by atoms with Crippen LogP contribution in [0.2, 0.25) is 0 Å². The molecule has 0 aliphatic rings. The highest BCUT2D eigenvalue weighted by Gasteiger charge is 2.09. The molecule has 106 valence electrons. The van der Waals surface area contributed by atoms with E-state index >= 15 is 0 Å². The van der Waals surface area contributed by atoms with E-state index in [1.165, 1.54) is 0 Å². The molecule has 1 unspecified atom stereocenters. The van der Waals surface area contributed by atoms with Gasteiger partial charge in [-0.15, -0.1) is 0 Å². The van der Waals surface area contributed by atoms with Gasteiger partial charge >= 0.3 is 0 Å². The van der Waals surface area contributed by atoms with E-state index in [1.807, 2.05) is 38.2 Å². The summed E-state index contributed by atoms with van der Waals surface area (Å²) in [5.74, 6) is 1.19. The smallest absolute Gasteiger partial charge is 0.239 e. The summed E-state index contributed by atoms with van der Waals surface area (Å²) in [6.45, 7) is 5.94. The maximum absolute atomic E-state index is 5.85. The molecular weight excluding hydrogens is 252 g/mol. The van der Waals surface area contributed by atoms with Crippen molar-refractivity contribution in [2.75, 3.05) is 11.1 Å². The second kappa shape index (κ2) is 6.23. The summed E-state index contributed by atoms with van der Waals surface area (Å²) in [5, 5.41) is 3.31. The van der Waals surface area contributed by atoms with E-state index in [0.717, 1.165) is 11.4 Å². The van der Waals surface area contributed by atoms with Crippen LogP contribution in [0.3, 0.4) is 0 Å². The van der Waals surface area contributed by atoms with Gasteiger partial charge in [-0.05, 0) is 44.5 Å². The van der Waals surface area contributed by atoms with Crippen LogP contribution in [-0.2, 0) is 0 Å². The quantitative estimate of drug-likeness (QED) is 0.875. The Hall–Kier alpha value is -2.30. The Kier molecular flexibility index (Phi) is 4.40. The summed E-state index contributed by atoms with van der Waals surface area (Å²) >= 11 is 0. The minimum atomic E-state index is 0.0378. The van der Waals surface area contributed by atoms with Crippen molar-refractivity contribution >= 4 is 11.5 Å². The van der Waals surface area contributed by atoms with Crippen molar-refractivity contribution < 1.29 is 4.74 Å². The largest absolute Gasteiger partial charge is 0.473 e. The number of pyridine rings is 2. The van der Waals surface area contributed by atoms with Gasteiger partial charge in [-0.1, -0.05) is 6.07 Å². The Bertz CT molecular complexity index is 557. The van der Waals surface area contributed by atoms with Crippen molar-refractivity contribution in [3.63, 3.8) is 0 Å². The lowest BCUT2D eigenvalue weighted by atomic mass is 10.1. The number of hydrogen-bond donors (Lipinski definition) is 2. The van der Waals surface area contributed by atoms with Crippen LogP contribution >= 0.6 is 0 Å².